The van der Waals surface area contributed by atoms with Crippen molar-refractivity contribution in [1.82, 2.24) is 15.0 Å². The minimum atomic E-state index is 0.547. The van der Waals surface area contributed by atoms with Crippen LogP contribution in [0.2, 0.25) is 0 Å². The van der Waals surface area contributed by atoms with Crippen LogP contribution in [-0.4, -0.2) is 28.0 Å². The number of anilines is 5. The van der Waals surface area contributed by atoms with E-state index in [0.717, 1.165) is 24.5 Å². The van der Waals surface area contributed by atoms with Gasteiger partial charge in [0.2, 0.25) is 17.8 Å². The first-order valence-corrected chi connectivity index (χ1v) is 9.34. The lowest BCUT2D eigenvalue weighted by atomic mass is 10.2. The van der Waals surface area contributed by atoms with Gasteiger partial charge in [-0.05, 0) is 56.5 Å². The molecule has 138 valence electrons. The lowest BCUT2D eigenvalue weighted by molar-refractivity contribution is 0.886. The van der Waals surface area contributed by atoms with E-state index >= 15 is 0 Å². The maximum Gasteiger partial charge on any atom is 0.233 e. The van der Waals surface area contributed by atoms with Gasteiger partial charge in [-0.15, -0.1) is 0 Å². The van der Waals surface area contributed by atoms with Crippen LogP contribution in [0.5, 0.6) is 0 Å². The molecule has 27 heavy (non-hydrogen) atoms. The fourth-order valence-corrected chi connectivity index (χ4v) is 3.15. The highest BCUT2D eigenvalue weighted by Crippen LogP contribution is 2.23. The van der Waals surface area contributed by atoms with E-state index in [2.05, 4.69) is 68.6 Å². The van der Waals surface area contributed by atoms with Crippen molar-refractivity contribution in [1.29, 1.82) is 0 Å². The molecule has 2 N–H and O–H groups in total. The predicted molar refractivity (Wildman–Crippen MR) is 110 cm³/mol. The van der Waals surface area contributed by atoms with E-state index in [1.54, 1.807) is 0 Å². The van der Waals surface area contributed by atoms with Gasteiger partial charge in [0.25, 0.3) is 0 Å². The van der Waals surface area contributed by atoms with Gasteiger partial charge >= 0.3 is 0 Å². The van der Waals surface area contributed by atoms with Gasteiger partial charge in [-0.25, -0.2) is 0 Å². The van der Waals surface area contributed by atoms with Crippen LogP contribution in [0.1, 0.15) is 24.0 Å². The highest BCUT2D eigenvalue weighted by atomic mass is 15.3. The molecule has 1 aliphatic heterocycles. The summed E-state index contributed by atoms with van der Waals surface area (Å²) in [5, 5.41) is 6.62. The van der Waals surface area contributed by atoms with Crippen LogP contribution in [-0.2, 0) is 0 Å². The summed E-state index contributed by atoms with van der Waals surface area (Å²) in [5.74, 6) is 1.81. The molecule has 6 heteroatoms. The first-order chi connectivity index (χ1) is 13.2. The first-order valence-electron chi connectivity index (χ1n) is 9.34. The quantitative estimate of drug-likeness (QED) is 0.694. The van der Waals surface area contributed by atoms with Crippen molar-refractivity contribution in [2.45, 2.75) is 26.7 Å². The molecular formula is C21H24N6. The lowest BCUT2D eigenvalue weighted by Gasteiger charge is -2.17. The zero-order valence-electron chi connectivity index (χ0n) is 15.7. The van der Waals surface area contributed by atoms with E-state index in [1.807, 2.05) is 24.3 Å². The zero-order chi connectivity index (χ0) is 18.6. The Hall–Kier alpha value is -3.15. The topological polar surface area (TPSA) is 66.0 Å². The fourth-order valence-electron chi connectivity index (χ4n) is 3.15. The molecule has 1 saturated heterocycles. The zero-order valence-corrected chi connectivity index (χ0v) is 15.7. The standard InChI is InChI=1S/C21H24N6/c1-15-8-10-17(11-9-15)22-19-24-20(23-18-7-5-6-16(2)14-18)26-21(25-19)27-12-3-4-13-27/h5-11,14H,3-4,12-13H2,1-2H3,(H2,22,23,24,25,26). The Kier molecular flexibility index (Phi) is 4.87. The Morgan fingerprint density at radius 3 is 2.07 bits per heavy atom. The van der Waals surface area contributed by atoms with Gasteiger partial charge in [0.05, 0.1) is 0 Å². The van der Waals surface area contributed by atoms with Gasteiger partial charge in [-0.1, -0.05) is 29.8 Å². The molecule has 0 spiro atoms. The van der Waals surface area contributed by atoms with Crippen LogP contribution in [0.25, 0.3) is 0 Å². The first kappa shape index (κ1) is 17.3. The molecule has 1 aromatic heterocycles. The SMILES string of the molecule is Cc1ccc(Nc2nc(Nc3cccc(C)c3)nc(N3CCCC3)n2)cc1. The van der Waals surface area contributed by atoms with Gasteiger partial charge < -0.3 is 15.5 Å². The summed E-state index contributed by atoms with van der Waals surface area (Å²) < 4.78 is 0. The van der Waals surface area contributed by atoms with Gasteiger partial charge in [0.15, 0.2) is 0 Å². The summed E-state index contributed by atoms with van der Waals surface area (Å²) in [6, 6.07) is 16.4. The summed E-state index contributed by atoms with van der Waals surface area (Å²) in [4.78, 5) is 16.1. The van der Waals surface area contributed by atoms with Gasteiger partial charge in [0, 0.05) is 24.5 Å². The number of benzene rings is 2. The van der Waals surface area contributed by atoms with Crippen LogP contribution in [0.4, 0.5) is 29.2 Å². The Bertz CT molecular complexity index is 916. The number of hydrogen-bond donors (Lipinski definition) is 2. The number of aryl methyl sites for hydroxylation is 2. The van der Waals surface area contributed by atoms with Gasteiger partial charge in [-0.2, -0.15) is 15.0 Å². The lowest BCUT2D eigenvalue weighted by Crippen LogP contribution is -2.21. The van der Waals surface area contributed by atoms with Crippen LogP contribution < -0.4 is 15.5 Å². The Morgan fingerprint density at radius 1 is 0.741 bits per heavy atom. The van der Waals surface area contributed by atoms with E-state index in [4.69, 9.17) is 0 Å². The van der Waals surface area contributed by atoms with Gasteiger partial charge in [0.1, 0.15) is 0 Å². The Labute approximate surface area is 159 Å². The molecule has 0 saturated carbocycles. The summed E-state index contributed by atoms with van der Waals surface area (Å²) in [6.07, 6.45) is 2.35. The number of hydrogen-bond acceptors (Lipinski definition) is 6. The molecule has 1 fully saturated rings. The van der Waals surface area contributed by atoms with E-state index in [-0.39, 0.29) is 0 Å². The third kappa shape index (κ3) is 4.34. The molecule has 1 aliphatic rings. The van der Waals surface area contributed by atoms with Crippen LogP contribution in [0, 0.1) is 13.8 Å². The van der Waals surface area contributed by atoms with E-state index in [1.165, 1.54) is 24.0 Å². The van der Waals surface area contributed by atoms with Crippen molar-refractivity contribution >= 4 is 29.2 Å². The van der Waals surface area contributed by atoms with E-state index < -0.39 is 0 Å². The van der Waals surface area contributed by atoms with Crippen molar-refractivity contribution in [3.63, 3.8) is 0 Å². The van der Waals surface area contributed by atoms with E-state index in [0.29, 0.717) is 17.8 Å². The molecule has 0 radical (unpaired) electrons. The maximum absolute atomic E-state index is 4.65. The number of nitrogens with zero attached hydrogens (tertiary/aromatic N) is 4. The van der Waals surface area contributed by atoms with Crippen molar-refractivity contribution in [2.75, 3.05) is 28.6 Å². The van der Waals surface area contributed by atoms with E-state index in [9.17, 15) is 0 Å². The normalized spacial score (nSPS) is 13.6. The third-order valence-electron chi connectivity index (χ3n) is 4.59. The number of aromatic nitrogens is 3. The molecular weight excluding hydrogens is 336 g/mol. The number of rotatable bonds is 5. The fraction of sp³-hybridized carbons (Fsp3) is 0.286. The Balaban J connectivity index is 1.64. The monoisotopic (exact) mass is 360 g/mol. The van der Waals surface area contributed by atoms with Crippen molar-refractivity contribution in [2.24, 2.45) is 0 Å². The molecule has 0 bridgehead atoms. The second-order valence-electron chi connectivity index (χ2n) is 6.96. The summed E-state index contributed by atoms with van der Waals surface area (Å²) >= 11 is 0. The van der Waals surface area contributed by atoms with Crippen molar-refractivity contribution < 1.29 is 0 Å². The molecule has 2 aromatic carbocycles. The summed E-state index contributed by atoms with van der Waals surface area (Å²) in [5.41, 5.74) is 4.33. The minimum absolute atomic E-state index is 0.547. The van der Waals surface area contributed by atoms with Gasteiger partial charge in [-0.3, -0.25) is 0 Å². The molecule has 6 nitrogen and oxygen atoms in total. The predicted octanol–water partition coefficient (Wildman–Crippen LogP) is 4.58. The Morgan fingerprint density at radius 2 is 1.41 bits per heavy atom. The van der Waals surface area contributed by atoms with Crippen molar-refractivity contribution in [3.05, 3.63) is 59.7 Å². The summed E-state index contributed by atoms with van der Waals surface area (Å²) in [7, 11) is 0. The molecule has 2 heterocycles. The second-order valence-corrected chi connectivity index (χ2v) is 6.96. The second kappa shape index (κ2) is 7.61. The molecule has 0 atom stereocenters. The highest BCUT2D eigenvalue weighted by Gasteiger charge is 2.17. The average Bonchev–Trinajstić information content (AvgIpc) is 3.18. The highest BCUT2D eigenvalue weighted by molar-refractivity contribution is 5.60. The molecule has 4 rings (SSSR count). The smallest absolute Gasteiger partial charge is 0.233 e. The molecule has 0 unspecified atom stereocenters. The third-order valence-corrected chi connectivity index (χ3v) is 4.59. The average molecular weight is 360 g/mol. The van der Waals surface area contributed by atoms with Crippen LogP contribution in [0.15, 0.2) is 48.5 Å². The molecule has 3 aromatic rings. The minimum Gasteiger partial charge on any atom is -0.341 e. The largest absolute Gasteiger partial charge is 0.341 e. The maximum atomic E-state index is 4.65. The molecule has 0 aliphatic carbocycles. The van der Waals surface area contributed by atoms with Crippen LogP contribution >= 0.6 is 0 Å². The number of nitrogens with one attached hydrogen (secondary N) is 2. The van der Waals surface area contributed by atoms with Crippen LogP contribution in [0.3, 0.4) is 0 Å². The summed E-state index contributed by atoms with van der Waals surface area (Å²) in [6.45, 7) is 6.11. The van der Waals surface area contributed by atoms with Crippen molar-refractivity contribution in [3.8, 4) is 0 Å². The molecule has 0 amide bonds.